The van der Waals surface area contributed by atoms with E-state index in [4.69, 9.17) is 4.74 Å². The van der Waals surface area contributed by atoms with Crippen LogP contribution in [0.3, 0.4) is 0 Å². The quantitative estimate of drug-likeness (QED) is 0.573. The molecule has 68 valence electrons. The number of allylic oxidation sites excluding steroid dienone is 1. The summed E-state index contributed by atoms with van der Waals surface area (Å²) in [4.78, 5) is 0. The van der Waals surface area contributed by atoms with Crippen LogP contribution in [0.25, 0.3) is 0 Å². The van der Waals surface area contributed by atoms with Gasteiger partial charge in [-0.3, -0.25) is 0 Å². The van der Waals surface area contributed by atoms with Gasteiger partial charge in [-0.05, 0) is 33.6 Å². The lowest BCUT2D eigenvalue weighted by atomic mass is 10.1. The van der Waals surface area contributed by atoms with Gasteiger partial charge in [0.2, 0.25) is 0 Å². The molecule has 0 bridgehead atoms. The molecular formula is C11H18O. The lowest BCUT2D eigenvalue weighted by molar-refractivity contribution is 0.0788. The summed E-state index contributed by atoms with van der Waals surface area (Å²) >= 11 is 0. The van der Waals surface area contributed by atoms with Crippen molar-refractivity contribution in [3.63, 3.8) is 0 Å². The van der Waals surface area contributed by atoms with Gasteiger partial charge in [-0.1, -0.05) is 23.3 Å². The van der Waals surface area contributed by atoms with E-state index in [0.29, 0.717) is 6.10 Å². The van der Waals surface area contributed by atoms with Crippen LogP contribution in [-0.4, -0.2) is 12.7 Å². The summed E-state index contributed by atoms with van der Waals surface area (Å²) in [5.74, 6) is 0. The van der Waals surface area contributed by atoms with Crippen LogP contribution in [0.4, 0.5) is 0 Å². The van der Waals surface area contributed by atoms with Crippen molar-refractivity contribution in [1.29, 1.82) is 0 Å². The minimum atomic E-state index is 0.327. The zero-order chi connectivity index (χ0) is 8.97. The Morgan fingerprint density at radius 2 is 2.42 bits per heavy atom. The van der Waals surface area contributed by atoms with Crippen LogP contribution in [0.2, 0.25) is 0 Å². The van der Waals surface area contributed by atoms with Crippen molar-refractivity contribution < 1.29 is 4.74 Å². The van der Waals surface area contributed by atoms with Crippen molar-refractivity contribution in [2.75, 3.05) is 6.61 Å². The van der Waals surface area contributed by atoms with Gasteiger partial charge in [0.1, 0.15) is 0 Å². The second-order valence-corrected chi connectivity index (χ2v) is 3.69. The molecule has 0 N–H and O–H groups in total. The van der Waals surface area contributed by atoms with Crippen LogP contribution in [0, 0.1) is 0 Å². The zero-order valence-electron chi connectivity index (χ0n) is 8.26. The number of ether oxygens (including phenoxy) is 1. The molecule has 1 nitrogen and oxygen atoms in total. The van der Waals surface area contributed by atoms with Crippen LogP contribution in [0.1, 0.15) is 33.6 Å². The molecule has 0 spiro atoms. The average molecular weight is 166 g/mol. The molecule has 0 aliphatic carbocycles. The molecule has 0 aromatic carbocycles. The smallest absolute Gasteiger partial charge is 0.0792 e. The largest absolute Gasteiger partial charge is 0.373 e. The Morgan fingerprint density at radius 3 is 3.00 bits per heavy atom. The van der Waals surface area contributed by atoms with E-state index in [1.54, 1.807) is 0 Å². The van der Waals surface area contributed by atoms with Gasteiger partial charge in [0, 0.05) is 0 Å². The van der Waals surface area contributed by atoms with Gasteiger partial charge >= 0.3 is 0 Å². The maximum atomic E-state index is 5.58. The van der Waals surface area contributed by atoms with Gasteiger partial charge in [0.15, 0.2) is 0 Å². The van der Waals surface area contributed by atoms with E-state index in [0.717, 1.165) is 19.4 Å². The van der Waals surface area contributed by atoms with Crippen LogP contribution in [0.5, 0.6) is 0 Å². The second-order valence-electron chi connectivity index (χ2n) is 3.69. The summed E-state index contributed by atoms with van der Waals surface area (Å²) in [6.07, 6.45) is 6.93. The predicted octanol–water partition coefficient (Wildman–Crippen LogP) is 3.08. The van der Waals surface area contributed by atoms with Gasteiger partial charge in [0.05, 0.1) is 12.7 Å². The fraction of sp³-hybridized carbons (Fsp3) is 0.636. The second kappa shape index (κ2) is 4.46. The Kier molecular flexibility index (Phi) is 3.54. The molecule has 0 aromatic heterocycles. The monoisotopic (exact) mass is 166 g/mol. The van der Waals surface area contributed by atoms with Crippen molar-refractivity contribution >= 4 is 0 Å². The van der Waals surface area contributed by atoms with E-state index in [1.807, 2.05) is 0 Å². The first-order chi connectivity index (χ1) is 5.68. The molecule has 0 aromatic rings. The first-order valence-electron chi connectivity index (χ1n) is 4.61. The van der Waals surface area contributed by atoms with Gasteiger partial charge in [-0.15, -0.1) is 0 Å². The highest BCUT2D eigenvalue weighted by Crippen LogP contribution is 2.15. The maximum absolute atomic E-state index is 5.58. The summed E-state index contributed by atoms with van der Waals surface area (Å²) in [6, 6.07) is 0. The van der Waals surface area contributed by atoms with Gasteiger partial charge in [0.25, 0.3) is 0 Å². The van der Waals surface area contributed by atoms with Crippen molar-refractivity contribution in [1.82, 2.24) is 0 Å². The average Bonchev–Trinajstić information content (AvgIpc) is 2.01. The van der Waals surface area contributed by atoms with E-state index < -0.39 is 0 Å². The highest BCUT2D eigenvalue weighted by Gasteiger charge is 2.09. The summed E-state index contributed by atoms with van der Waals surface area (Å²) in [6.45, 7) is 7.32. The molecular weight excluding hydrogens is 148 g/mol. The summed E-state index contributed by atoms with van der Waals surface area (Å²) in [5.41, 5.74) is 2.84. The van der Waals surface area contributed by atoms with Crippen LogP contribution >= 0.6 is 0 Å². The van der Waals surface area contributed by atoms with Crippen molar-refractivity contribution in [2.24, 2.45) is 0 Å². The summed E-state index contributed by atoms with van der Waals surface area (Å²) in [5, 5.41) is 0. The standard InChI is InChI=1S/C11H18O/c1-9(2)4-5-11-8-10(3)6-7-12-11/h4,8,11H,5-7H2,1-3H3/t11-/m1/s1. The van der Waals surface area contributed by atoms with Crippen LogP contribution < -0.4 is 0 Å². The summed E-state index contributed by atoms with van der Waals surface area (Å²) < 4.78 is 5.58. The van der Waals surface area contributed by atoms with Gasteiger partial charge < -0.3 is 4.74 Å². The molecule has 12 heavy (non-hydrogen) atoms. The van der Waals surface area contributed by atoms with Crippen LogP contribution in [-0.2, 0) is 4.74 Å². The fourth-order valence-corrected chi connectivity index (χ4v) is 1.31. The normalized spacial score (nSPS) is 23.2. The summed E-state index contributed by atoms with van der Waals surface area (Å²) in [7, 11) is 0. The molecule has 1 aliphatic heterocycles. The molecule has 1 aliphatic rings. The van der Waals surface area contributed by atoms with Gasteiger partial charge in [-0.25, -0.2) is 0 Å². The molecule has 0 saturated carbocycles. The van der Waals surface area contributed by atoms with E-state index in [2.05, 4.69) is 32.9 Å². The lowest BCUT2D eigenvalue weighted by Crippen LogP contribution is -2.15. The number of hydrogen-bond acceptors (Lipinski definition) is 1. The minimum absolute atomic E-state index is 0.327. The topological polar surface area (TPSA) is 9.23 Å². The molecule has 1 heteroatoms. The minimum Gasteiger partial charge on any atom is -0.373 e. The lowest BCUT2D eigenvalue weighted by Gasteiger charge is -2.19. The van der Waals surface area contributed by atoms with Crippen LogP contribution in [0.15, 0.2) is 23.3 Å². The van der Waals surface area contributed by atoms with Crippen molar-refractivity contribution in [3.05, 3.63) is 23.3 Å². The first-order valence-corrected chi connectivity index (χ1v) is 4.61. The third-order valence-electron chi connectivity index (χ3n) is 2.06. The highest BCUT2D eigenvalue weighted by atomic mass is 16.5. The molecule has 0 fully saturated rings. The molecule has 1 heterocycles. The SMILES string of the molecule is CC(C)=CC[C@@H]1C=C(C)CCO1. The maximum Gasteiger partial charge on any atom is 0.0792 e. The fourth-order valence-electron chi connectivity index (χ4n) is 1.31. The number of rotatable bonds is 2. The van der Waals surface area contributed by atoms with Gasteiger partial charge in [-0.2, -0.15) is 0 Å². The highest BCUT2D eigenvalue weighted by molar-refractivity contribution is 5.07. The van der Waals surface area contributed by atoms with E-state index in [-0.39, 0.29) is 0 Å². The molecule has 1 atom stereocenters. The third-order valence-corrected chi connectivity index (χ3v) is 2.06. The van der Waals surface area contributed by atoms with Crippen molar-refractivity contribution in [2.45, 2.75) is 39.7 Å². The predicted molar refractivity (Wildman–Crippen MR) is 52.2 cm³/mol. The Labute approximate surface area is 75.1 Å². The molecule has 0 amide bonds. The third kappa shape index (κ3) is 3.22. The first kappa shape index (κ1) is 9.53. The van der Waals surface area contributed by atoms with E-state index in [9.17, 15) is 0 Å². The molecule has 1 rings (SSSR count). The Morgan fingerprint density at radius 1 is 1.67 bits per heavy atom. The molecule has 0 unspecified atom stereocenters. The Hall–Kier alpha value is -0.560. The van der Waals surface area contributed by atoms with Crippen molar-refractivity contribution in [3.8, 4) is 0 Å². The Bertz CT molecular complexity index is 197. The Balaban J connectivity index is 2.42. The molecule has 0 saturated heterocycles. The molecule has 0 radical (unpaired) electrons. The number of hydrogen-bond donors (Lipinski definition) is 0. The zero-order valence-corrected chi connectivity index (χ0v) is 8.26. The van der Waals surface area contributed by atoms with E-state index in [1.165, 1.54) is 11.1 Å². The van der Waals surface area contributed by atoms with E-state index >= 15 is 0 Å².